The van der Waals surface area contributed by atoms with E-state index in [0.29, 0.717) is 5.15 Å². The molecule has 0 bridgehead atoms. The van der Waals surface area contributed by atoms with Crippen LogP contribution < -0.4 is 0 Å². The van der Waals surface area contributed by atoms with Gasteiger partial charge in [0.1, 0.15) is 5.52 Å². The maximum absolute atomic E-state index is 5.58. The molecule has 0 aliphatic carbocycles. The Morgan fingerprint density at radius 3 is 3.20 bits per heavy atom. The smallest absolute Gasteiger partial charge is 0.153 e. The maximum Gasteiger partial charge on any atom is 0.153 e. The normalized spacial score (nSPS) is 10.5. The fourth-order valence-electron chi connectivity index (χ4n) is 0.827. The monoisotopic (exact) mass is 153 g/mol. The van der Waals surface area contributed by atoms with Crippen LogP contribution in [0.1, 0.15) is 0 Å². The van der Waals surface area contributed by atoms with Crippen LogP contribution in [0.3, 0.4) is 0 Å². The quantitative estimate of drug-likeness (QED) is 0.625. The van der Waals surface area contributed by atoms with Gasteiger partial charge in [-0.25, -0.2) is 0 Å². The van der Waals surface area contributed by atoms with E-state index in [9.17, 15) is 0 Å². The molecule has 4 heteroatoms. The molecule has 0 aliphatic rings. The zero-order chi connectivity index (χ0) is 6.97. The molecule has 0 aromatic carbocycles. The van der Waals surface area contributed by atoms with E-state index in [1.54, 1.807) is 12.3 Å². The van der Waals surface area contributed by atoms with E-state index < -0.39 is 0 Å². The highest BCUT2D eigenvalue weighted by Crippen LogP contribution is 2.11. The van der Waals surface area contributed by atoms with Gasteiger partial charge in [-0.15, -0.1) is 10.2 Å². The van der Waals surface area contributed by atoms with Crippen LogP contribution in [0.25, 0.3) is 11.0 Å². The van der Waals surface area contributed by atoms with Crippen LogP contribution >= 0.6 is 11.6 Å². The molecule has 0 unspecified atom stereocenters. The minimum absolute atomic E-state index is 0.412. The SMILES string of the molecule is Clc1cc2[nH]ccc2nn1. The van der Waals surface area contributed by atoms with Gasteiger partial charge in [0.05, 0.1) is 5.52 Å². The first-order valence-corrected chi connectivity index (χ1v) is 3.20. The number of aromatic nitrogens is 3. The van der Waals surface area contributed by atoms with E-state index in [2.05, 4.69) is 15.2 Å². The summed E-state index contributed by atoms with van der Waals surface area (Å²) in [4.78, 5) is 2.97. The lowest BCUT2D eigenvalue weighted by molar-refractivity contribution is 1.08. The van der Waals surface area contributed by atoms with Crippen molar-refractivity contribution in [1.29, 1.82) is 0 Å². The van der Waals surface area contributed by atoms with Crippen molar-refractivity contribution in [3.8, 4) is 0 Å². The Bertz CT molecular complexity index is 355. The van der Waals surface area contributed by atoms with Gasteiger partial charge in [0.15, 0.2) is 5.15 Å². The number of rotatable bonds is 0. The van der Waals surface area contributed by atoms with Crippen molar-refractivity contribution in [2.75, 3.05) is 0 Å². The maximum atomic E-state index is 5.58. The van der Waals surface area contributed by atoms with Crippen LogP contribution in [0.4, 0.5) is 0 Å². The van der Waals surface area contributed by atoms with Crippen molar-refractivity contribution in [2.45, 2.75) is 0 Å². The Morgan fingerprint density at radius 2 is 2.30 bits per heavy atom. The summed E-state index contributed by atoms with van der Waals surface area (Å²) in [5.74, 6) is 0. The molecule has 0 spiro atoms. The second-order valence-corrected chi connectivity index (χ2v) is 2.33. The molecule has 0 atom stereocenters. The lowest BCUT2D eigenvalue weighted by atomic mass is 10.4. The average molecular weight is 154 g/mol. The highest BCUT2D eigenvalue weighted by molar-refractivity contribution is 6.29. The Labute approximate surface area is 62.0 Å². The fraction of sp³-hybridized carbons (Fsp3) is 0. The first-order chi connectivity index (χ1) is 4.86. The summed E-state index contributed by atoms with van der Waals surface area (Å²) in [5.41, 5.74) is 1.75. The van der Waals surface area contributed by atoms with Crippen molar-refractivity contribution < 1.29 is 0 Å². The number of hydrogen-bond donors (Lipinski definition) is 1. The molecule has 2 heterocycles. The summed E-state index contributed by atoms with van der Waals surface area (Å²) in [6, 6.07) is 3.59. The molecule has 0 amide bonds. The Hall–Kier alpha value is -1.09. The van der Waals surface area contributed by atoms with E-state index in [1.807, 2.05) is 6.07 Å². The summed E-state index contributed by atoms with van der Waals surface area (Å²) in [7, 11) is 0. The molecule has 0 radical (unpaired) electrons. The summed E-state index contributed by atoms with van der Waals surface area (Å²) < 4.78 is 0. The average Bonchev–Trinajstić information content (AvgIpc) is 2.33. The lowest BCUT2D eigenvalue weighted by Crippen LogP contribution is -1.80. The number of nitrogens with zero attached hydrogens (tertiary/aromatic N) is 2. The van der Waals surface area contributed by atoms with Gasteiger partial charge in [0.2, 0.25) is 0 Å². The van der Waals surface area contributed by atoms with Gasteiger partial charge >= 0.3 is 0 Å². The van der Waals surface area contributed by atoms with Gasteiger partial charge < -0.3 is 4.98 Å². The number of halogens is 1. The highest BCUT2D eigenvalue weighted by atomic mass is 35.5. The van der Waals surface area contributed by atoms with E-state index in [1.165, 1.54) is 0 Å². The predicted octanol–water partition coefficient (Wildman–Crippen LogP) is 1.61. The van der Waals surface area contributed by atoms with Crippen molar-refractivity contribution >= 4 is 22.6 Å². The van der Waals surface area contributed by atoms with Gasteiger partial charge in [0, 0.05) is 12.3 Å². The molecule has 0 aliphatic heterocycles. The fourth-order valence-corrected chi connectivity index (χ4v) is 0.973. The predicted molar refractivity (Wildman–Crippen MR) is 38.9 cm³/mol. The standard InChI is InChI=1S/C6H4ClN3/c7-6-3-5-4(9-10-6)1-2-8-5/h1-3,8H. The minimum Gasteiger partial charge on any atom is -0.360 e. The summed E-state index contributed by atoms with van der Waals surface area (Å²) in [5, 5.41) is 7.91. The number of H-pyrrole nitrogens is 1. The molecule has 0 saturated carbocycles. The number of aromatic amines is 1. The van der Waals surface area contributed by atoms with Gasteiger partial charge in [-0.2, -0.15) is 0 Å². The number of fused-ring (bicyclic) bond motifs is 1. The third-order valence-corrected chi connectivity index (χ3v) is 1.46. The summed E-state index contributed by atoms with van der Waals surface area (Å²) in [6.07, 6.45) is 1.80. The van der Waals surface area contributed by atoms with Crippen LogP contribution in [0.15, 0.2) is 18.3 Å². The topological polar surface area (TPSA) is 41.6 Å². The summed E-state index contributed by atoms with van der Waals surface area (Å²) in [6.45, 7) is 0. The van der Waals surface area contributed by atoms with E-state index in [4.69, 9.17) is 11.6 Å². The first kappa shape index (κ1) is 5.68. The Balaban J connectivity index is 2.86. The number of hydrogen-bond acceptors (Lipinski definition) is 2. The number of nitrogens with one attached hydrogen (secondary N) is 1. The second-order valence-electron chi connectivity index (χ2n) is 1.94. The van der Waals surface area contributed by atoms with Gasteiger partial charge in [0.25, 0.3) is 0 Å². The summed E-state index contributed by atoms with van der Waals surface area (Å²) >= 11 is 5.58. The molecule has 2 rings (SSSR count). The van der Waals surface area contributed by atoms with Gasteiger partial charge in [-0.1, -0.05) is 11.6 Å². The van der Waals surface area contributed by atoms with Crippen LogP contribution in [0.5, 0.6) is 0 Å². The van der Waals surface area contributed by atoms with Crippen LogP contribution in [-0.2, 0) is 0 Å². The van der Waals surface area contributed by atoms with Gasteiger partial charge in [-0.3, -0.25) is 0 Å². The Kier molecular flexibility index (Phi) is 1.11. The molecule has 3 nitrogen and oxygen atoms in total. The van der Waals surface area contributed by atoms with Crippen molar-refractivity contribution in [2.24, 2.45) is 0 Å². The zero-order valence-electron chi connectivity index (χ0n) is 5.00. The molecule has 1 N–H and O–H groups in total. The third kappa shape index (κ3) is 0.752. The minimum atomic E-state index is 0.412. The molecule has 2 aromatic heterocycles. The van der Waals surface area contributed by atoms with Crippen molar-refractivity contribution in [3.63, 3.8) is 0 Å². The first-order valence-electron chi connectivity index (χ1n) is 2.82. The lowest BCUT2D eigenvalue weighted by Gasteiger charge is -1.86. The van der Waals surface area contributed by atoms with Gasteiger partial charge in [-0.05, 0) is 6.07 Å². The van der Waals surface area contributed by atoms with Crippen LogP contribution in [-0.4, -0.2) is 15.2 Å². The second kappa shape index (κ2) is 1.95. The molecular weight excluding hydrogens is 150 g/mol. The Morgan fingerprint density at radius 1 is 1.40 bits per heavy atom. The van der Waals surface area contributed by atoms with Crippen molar-refractivity contribution in [3.05, 3.63) is 23.5 Å². The van der Waals surface area contributed by atoms with Crippen LogP contribution in [0.2, 0.25) is 5.15 Å². The third-order valence-electron chi connectivity index (χ3n) is 1.27. The molecule has 0 saturated heterocycles. The molecule has 50 valence electrons. The van der Waals surface area contributed by atoms with Crippen LogP contribution in [0, 0.1) is 0 Å². The van der Waals surface area contributed by atoms with Crippen molar-refractivity contribution in [1.82, 2.24) is 15.2 Å². The molecule has 10 heavy (non-hydrogen) atoms. The van der Waals surface area contributed by atoms with E-state index in [-0.39, 0.29) is 0 Å². The van der Waals surface area contributed by atoms with E-state index >= 15 is 0 Å². The molecular formula is C6H4ClN3. The molecule has 2 aromatic rings. The largest absolute Gasteiger partial charge is 0.360 e. The molecule has 0 fully saturated rings. The highest BCUT2D eigenvalue weighted by Gasteiger charge is 1.95. The zero-order valence-corrected chi connectivity index (χ0v) is 5.76. The van der Waals surface area contributed by atoms with E-state index in [0.717, 1.165) is 11.0 Å².